The first kappa shape index (κ1) is 17.0. The third-order valence-corrected chi connectivity index (χ3v) is 5.22. The van der Waals surface area contributed by atoms with Crippen LogP contribution in [-0.2, 0) is 5.75 Å². The van der Waals surface area contributed by atoms with Crippen LogP contribution in [0.25, 0.3) is 16.9 Å². The fourth-order valence-electron chi connectivity index (χ4n) is 2.70. The van der Waals surface area contributed by atoms with Gasteiger partial charge in [-0.25, -0.2) is 19.5 Å². The van der Waals surface area contributed by atoms with Gasteiger partial charge in [0.15, 0.2) is 10.8 Å². The highest BCUT2D eigenvalue weighted by molar-refractivity contribution is 7.98. The van der Waals surface area contributed by atoms with Gasteiger partial charge in [0.2, 0.25) is 0 Å². The van der Waals surface area contributed by atoms with Gasteiger partial charge in [-0.15, -0.1) is 0 Å². The molecule has 5 nitrogen and oxygen atoms in total. The van der Waals surface area contributed by atoms with Gasteiger partial charge in [0, 0.05) is 34.8 Å². The van der Waals surface area contributed by atoms with E-state index in [2.05, 4.69) is 15.1 Å². The van der Waals surface area contributed by atoms with Crippen molar-refractivity contribution in [3.63, 3.8) is 0 Å². The van der Waals surface area contributed by atoms with Crippen LogP contribution in [0.15, 0.2) is 53.9 Å². The predicted octanol–water partition coefficient (Wildman–Crippen LogP) is 4.75. The molecule has 26 heavy (non-hydrogen) atoms. The van der Waals surface area contributed by atoms with Gasteiger partial charge in [-0.05, 0) is 37.6 Å². The summed E-state index contributed by atoms with van der Waals surface area (Å²) in [5.41, 5.74) is 5.78. The Bertz CT molecular complexity index is 1080. The molecule has 7 heteroatoms. The molecule has 0 spiro atoms. The van der Waals surface area contributed by atoms with Crippen molar-refractivity contribution < 1.29 is 0 Å². The summed E-state index contributed by atoms with van der Waals surface area (Å²) in [5, 5.41) is 5.97. The Hall–Kier alpha value is -2.44. The molecule has 3 aromatic heterocycles. The summed E-state index contributed by atoms with van der Waals surface area (Å²) in [6.07, 6.45) is 3.63. The minimum Gasteiger partial charge on any atom is -0.236 e. The fourth-order valence-corrected chi connectivity index (χ4v) is 3.62. The summed E-state index contributed by atoms with van der Waals surface area (Å²) in [5.74, 6) is 0.787. The maximum atomic E-state index is 5.93. The lowest BCUT2D eigenvalue weighted by molar-refractivity contribution is 0.875. The largest absolute Gasteiger partial charge is 0.236 e. The van der Waals surface area contributed by atoms with Crippen LogP contribution in [0.1, 0.15) is 17.0 Å². The standard InChI is InChI=1S/C19H16ClN5S/c1-12-9-18-22-10-16(13(2)25(18)24-12)17-7-8-21-19(23-17)26-11-14-3-5-15(20)6-4-14/h3-10H,11H2,1-2H3. The van der Waals surface area contributed by atoms with E-state index < -0.39 is 0 Å². The van der Waals surface area contributed by atoms with Gasteiger partial charge in [0.1, 0.15) is 0 Å². The molecule has 0 unspecified atom stereocenters. The minimum absolute atomic E-state index is 0.730. The van der Waals surface area contributed by atoms with Crippen LogP contribution in [0, 0.1) is 13.8 Å². The van der Waals surface area contributed by atoms with E-state index in [1.165, 1.54) is 5.56 Å². The van der Waals surface area contributed by atoms with E-state index in [9.17, 15) is 0 Å². The molecule has 0 aliphatic heterocycles. The smallest absolute Gasteiger partial charge is 0.188 e. The molecule has 0 amide bonds. The highest BCUT2D eigenvalue weighted by atomic mass is 35.5. The SMILES string of the molecule is Cc1cc2ncc(-c3ccnc(SCc4ccc(Cl)cc4)n3)c(C)n2n1. The molecule has 0 radical (unpaired) electrons. The first-order chi connectivity index (χ1) is 12.6. The van der Waals surface area contributed by atoms with Crippen LogP contribution < -0.4 is 0 Å². The van der Waals surface area contributed by atoms with Gasteiger partial charge >= 0.3 is 0 Å². The van der Waals surface area contributed by atoms with E-state index >= 15 is 0 Å². The monoisotopic (exact) mass is 381 g/mol. The summed E-state index contributed by atoms with van der Waals surface area (Å²) < 4.78 is 1.85. The van der Waals surface area contributed by atoms with Crippen LogP contribution in [0.3, 0.4) is 0 Å². The Balaban J connectivity index is 1.61. The molecular weight excluding hydrogens is 366 g/mol. The molecule has 0 saturated heterocycles. The average molecular weight is 382 g/mol. The molecule has 0 N–H and O–H groups in total. The van der Waals surface area contributed by atoms with E-state index in [4.69, 9.17) is 16.6 Å². The summed E-state index contributed by atoms with van der Waals surface area (Å²) in [6, 6.07) is 11.7. The van der Waals surface area contributed by atoms with Crippen LogP contribution in [0.5, 0.6) is 0 Å². The highest BCUT2D eigenvalue weighted by Gasteiger charge is 2.11. The quantitative estimate of drug-likeness (QED) is 0.377. The zero-order valence-corrected chi connectivity index (χ0v) is 15.9. The number of nitrogens with zero attached hydrogens (tertiary/aromatic N) is 5. The lowest BCUT2D eigenvalue weighted by Crippen LogP contribution is -2.00. The van der Waals surface area contributed by atoms with E-state index in [1.807, 2.05) is 61.0 Å². The number of benzene rings is 1. The molecule has 130 valence electrons. The zero-order chi connectivity index (χ0) is 18.1. The first-order valence-corrected chi connectivity index (χ1v) is 9.49. The molecule has 1 aromatic carbocycles. The molecule has 0 aliphatic carbocycles. The number of halogens is 1. The summed E-state index contributed by atoms with van der Waals surface area (Å²) >= 11 is 7.52. The number of hydrogen-bond donors (Lipinski definition) is 0. The van der Waals surface area contributed by atoms with Gasteiger partial charge in [-0.3, -0.25) is 0 Å². The fraction of sp³-hybridized carbons (Fsp3) is 0.158. The molecular formula is C19H16ClN5S. The van der Waals surface area contributed by atoms with Gasteiger partial charge in [-0.1, -0.05) is 35.5 Å². The van der Waals surface area contributed by atoms with Gasteiger partial charge in [0.05, 0.1) is 17.1 Å². The minimum atomic E-state index is 0.730. The second-order valence-electron chi connectivity index (χ2n) is 5.95. The van der Waals surface area contributed by atoms with Crippen LogP contribution in [0.2, 0.25) is 5.02 Å². The molecule has 0 saturated carbocycles. The average Bonchev–Trinajstić information content (AvgIpc) is 3.03. The van der Waals surface area contributed by atoms with Crippen molar-refractivity contribution in [2.45, 2.75) is 24.8 Å². The van der Waals surface area contributed by atoms with E-state index in [-0.39, 0.29) is 0 Å². The maximum absolute atomic E-state index is 5.93. The van der Waals surface area contributed by atoms with Crippen molar-refractivity contribution in [3.8, 4) is 11.3 Å². The summed E-state index contributed by atoms with van der Waals surface area (Å²) in [6.45, 7) is 3.99. The molecule has 0 fully saturated rings. The van der Waals surface area contributed by atoms with Crippen molar-refractivity contribution in [2.75, 3.05) is 0 Å². The third kappa shape index (κ3) is 3.43. The molecule has 0 aliphatic rings. The van der Waals surface area contributed by atoms with Gasteiger partial charge < -0.3 is 0 Å². The number of rotatable bonds is 4. The van der Waals surface area contributed by atoms with Crippen LogP contribution >= 0.6 is 23.4 Å². The maximum Gasteiger partial charge on any atom is 0.188 e. The summed E-state index contributed by atoms with van der Waals surface area (Å²) in [4.78, 5) is 13.6. The predicted molar refractivity (Wildman–Crippen MR) is 105 cm³/mol. The molecule has 4 rings (SSSR count). The number of aryl methyl sites for hydroxylation is 2. The normalized spacial score (nSPS) is 11.2. The van der Waals surface area contributed by atoms with E-state index in [0.29, 0.717) is 0 Å². The molecule has 0 atom stereocenters. The summed E-state index contributed by atoms with van der Waals surface area (Å²) in [7, 11) is 0. The lowest BCUT2D eigenvalue weighted by Gasteiger charge is -2.08. The Morgan fingerprint density at radius 3 is 2.69 bits per heavy atom. The zero-order valence-electron chi connectivity index (χ0n) is 14.3. The van der Waals surface area contributed by atoms with Crippen molar-refractivity contribution in [2.24, 2.45) is 0 Å². The van der Waals surface area contributed by atoms with Crippen LogP contribution in [0.4, 0.5) is 0 Å². The number of aromatic nitrogens is 5. The third-order valence-electron chi connectivity index (χ3n) is 4.04. The lowest BCUT2D eigenvalue weighted by atomic mass is 10.2. The van der Waals surface area contributed by atoms with E-state index in [1.54, 1.807) is 18.0 Å². The number of hydrogen-bond acceptors (Lipinski definition) is 5. The molecule has 4 aromatic rings. The van der Waals surface area contributed by atoms with Crippen molar-refractivity contribution in [3.05, 3.63) is 70.8 Å². The second-order valence-corrected chi connectivity index (χ2v) is 7.33. The van der Waals surface area contributed by atoms with Crippen molar-refractivity contribution in [1.29, 1.82) is 0 Å². The Morgan fingerprint density at radius 1 is 1.08 bits per heavy atom. The highest BCUT2D eigenvalue weighted by Crippen LogP contribution is 2.25. The second kappa shape index (κ2) is 7.05. The first-order valence-electron chi connectivity index (χ1n) is 8.13. The van der Waals surface area contributed by atoms with Gasteiger partial charge in [0.25, 0.3) is 0 Å². The number of fused-ring (bicyclic) bond motifs is 1. The molecule has 0 bridgehead atoms. The van der Waals surface area contributed by atoms with Crippen molar-refractivity contribution >= 4 is 29.0 Å². The molecule has 3 heterocycles. The Kier molecular flexibility index (Phi) is 4.61. The number of thioether (sulfide) groups is 1. The van der Waals surface area contributed by atoms with Gasteiger partial charge in [-0.2, -0.15) is 5.10 Å². The van der Waals surface area contributed by atoms with Crippen LogP contribution in [-0.4, -0.2) is 24.6 Å². The Morgan fingerprint density at radius 2 is 1.88 bits per heavy atom. The van der Waals surface area contributed by atoms with E-state index in [0.717, 1.165) is 44.2 Å². The van der Waals surface area contributed by atoms with Crippen molar-refractivity contribution in [1.82, 2.24) is 24.6 Å². The topological polar surface area (TPSA) is 56.0 Å². The Labute approximate surface area is 160 Å².